The average Bonchev–Trinajstić information content (AvgIpc) is 2.86. The number of hydrogen-bond donors (Lipinski definition) is 2. The molecule has 2 heterocycles. The van der Waals surface area contributed by atoms with Crippen molar-refractivity contribution in [3.05, 3.63) is 18.5 Å². The molecule has 1 saturated heterocycles. The fourth-order valence-electron chi connectivity index (χ4n) is 2.21. The minimum absolute atomic E-state index is 0.314. The quantitative estimate of drug-likeness (QED) is 0.812. The number of hydrogen-bond acceptors (Lipinski definition) is 3. The van der Waals surface area contributed by atoms with E-state index in [2.05, 4.69) is 4.98 Å². The number of aromatic nitrogens is 1. The summed E-state index contributed by atoms with van der Waals surface area (Å²) in [6.07, 6.45) is 4.82. The largest absolute Gasteiger partial charge is 0.366 e. The van der Waals surface area contributed by atoms with Gasteiger partial charge in [0.1, 0.15) is 0 Å². The highest BCUT2D eigenvalue weighted by atomic mass is 32.2. The molecular formula is C10H17N3O2S. The van der Waals surface area contributed by atoms with Crippen molar-refractivity contribution in [2.75, 3.05) is 13.1 Å². The maximum atomic E-state index is 12.3. The Morgan fingerprint density at radius 3 is 2.94 bits per heavy atom. The molecule has 0 radical (unpaired) electrons. The van der Waals surface area contributed by atoms with E-state index in [0.29, 0.717) is 18.0 Å². The monoisotopic (exact) mass is 243 g/mol. The van der Waals surface area contributed by atoms with E-state index in [1.54, 1.807) is 12.3 Å². The maximum absolute atomic E-state index is 12.3. The summed E-state index contributed by atoms with van der Waals surface area (Å²) in [7, 11) is -3.39. The van der Waals surface area contributed by atoms with Gasteiger partial charge >= 0.3 is 0 Å². The van der Waals surface area contributed by atoms with Crippen LogP contribution in [0.2, 0.25) is 0 Å². The second-order valence-corrected chi connectivity index (χ2v) is 6.29. The number of rotatable bonds is 3. The maximum Gasteiger partial charge on any atom is 0.245 e. The Morgan fingerprint density at radius 1 is 1.62 bits per heavy atom. The third kappa shape index (κ3) is 1.66. The van der Waals surface area contributed by atoms with Gasteiger partial charge in [-0.2, -0.15) is 4.31 Å². The lowest BCUT2D eigenvalue weighted by molar-refractivity contribution is 0.274. The van der Waals surface area contributed by atoms with Gasteiger partial charge in [0.2, 0.25) is 10.0 Å². The Hall–Kier alpha value is -0.850. The molecular weight excluding hydrogens is 226 g/mol. The smallest absolute Gasteiger partial charge is 0.245 e. The van der Waals surface area contributed by atoms with Gasteiger partial charge in [-0.05, 0) is 25.8 Å². The van der Waals surface area contributed by atoms with Crippen molar-refractivity contribution in [1.82, 2.24) is 9.29 Å². The predicted octanol–water partition coefficient (Wildman–Crippen LogP) is 0.517. The molecule has 1 unspecified atom stereocenters. The number of sulfonamides is 1. The minimum atomic E-state index is -3.39. The number of nitrogens with zero attached hydrogens (tertiary/aromatic N) is 1. The first-order chi connectivity index (χ1) is 7.50. The molecule has 1 aromatic heterocycles. The summed E-state index contributed by atoms with van der Waals surface area (Å²) in [5.74, 6) is 0. The molecule has 5 nitrogen and oxygen atoms in total. The minimum Gasteiger partial charge on any atom is -0.366 e. The SMILES string of the molecule is CC1(CN)CCCN1S(=O)(=O)c1cc[nH]c1. The lowest BCUT2D eigenvalue weighted by atomic mass is 10.0. The van der Waals surface area contributed by atoms with Crippen LogP contribution in [0.15, 0.2) is 23.4 Å². The fourth-order valence-corrected chi connectivity index (χ4v) is 4.04. The molecule has 0 amide bonds. The molecule has 1 atom stereocenters. The second kappa shape index (κ2) is 3.87. The van der Waals surface area contributed by atoms with Gasteiger partial charge in [-0.25, -0.2) is 8.42 Å². The molecule has 2 rings (SSSR count). The van der Waals surface area contributed by atoms with E-state index < -0.39 is 15.6 Å². The van der Waals surface area contributed by atoms with Crippen LogP contribution in [0.4, 0.5) is 0 Å². The summed E-state index contributed by atoms with van der Waals surface area (Å²) in [5.41, 5.74) is 5.26. The molecule has 0 bridgehead atoms. The van der Waals surface area contributed by atoms with Crippen molar-refractivity contribution in [3.63, 3.8) is 0 Å². The van der Waals surface area contributed by atoms with Crippen molar-refractivity contribution >= 4 is 10.0 Å². The Bertz CT molecular complexity index is 454. The van der Waals surface area contributed by atoms with Gasteiger partial charge in [-0.1, -0.05) is 0 Å². The van der Waals surface area contributed by atoms with E-state index in [1.807, 2.05) is 6.92 Å². The van der Waals surface area contributed by atoms with E-state index >= 15 is 0 Å². The van der Waals surface area contributed by atoms with Crippen LogP contribution in [0.25, 0.3) is 0 Å². The first kappa shape index (κ1) is 11.6. The van der Waals surface area contributed by atoms with Crippen molar-refractivity contribution in [2.45, 2.75) is 30.2 Å². The summed E-state index contributed by atoms with van der Waals surface area (Å²) in [5, 5.41) is 0. The topological polar surface area (TPSA) is 79.2 Å². The summed E-state index contributed by atoms with van der Waals surface area (Å²) >= 11 is 0. The summed E-state index contributed by atoms with van der Waals surface area (Å²) in [6.45, 7) is 2.82. The van der Waals surface area contributed by atoms with E-state index in [0.717, 1.165) is 12.8 Å². The number of H-pyrrole nitrogens is 1. The normalized spacial score (nSPS) is 27.4. The molecule has 1 aliphatic rings. The Labute approximate surface area is 95.7 Å². The van der Waals surface area contributed by atoms with Gasteiger partial charge in [-0.3, -0.25) is 0 Å². The van der Waals surface area contributed by atoms with Crippen LogP contribution in [-0.2, 0) is 10.0 Å². The lowest BCUT2D eigenvalue weighted by Gasteiger charge is -2.32. The highest BCUT2D eigenvalue weighted by molar-refractivity contribution is 7.89. The zero-order chi connectivity index (χ0) is 11.8. The first-order valence-corrected chi connectivity index (χ1v) is 6.80. The van der Waals surface area contributed by atoms with Crippen molar-refractivity contribution in [3.8, 4) is 0 Å². The number of aromatic amines is 1. The van der Waals surface area contributed by atoms with E-state index in [1.165, 1.54) is 10.5 Å². The lowest BCUT2D eigenvalue weighted by Crippen LogP contribution is -2.49. The van der Waals surface area contributed by atoms with Gasteiger partial charge in [0.25, 0.3) is 0 Å². The molecule has 0 saturated carbocycles. The zero-order valence-electron chi connectivity index (χ0n) is 9.31. The number of nitrogens with two attached hydrogens (primary N) is 1. The molecule has 3 N–H and O–H groups in total. The Kier molecular flexibility index (Phi) is 2.81. The van der Waals surface area contributed by atoms with Crippen LogP contribution in [0.5, 0.6) is 0 Å². The highest BCUT2D eigenvalue weighted by Gasteiger charge is 2.43. The van der Waals surface area contributed by atoms with E-state index in [4.69, 9.17) is 5.73 Å². The van der Waals surface area contributed by atoms with Crippen LogP contribution in [0.1, 0.15) is 19.8 Å². The van der Waals surface area contributed by atoms with Gasteiger partial charge in [0.05, 0.1) is 4.90 Å². The molecule has 1 fully saturated rings. The van der Waals surface area contributed by atoms with Crippen molar-refractivity contribution < 1.29 is 8.42 Å². The van der Waals surface area contributed by atoms with Gasteiger partial charge in [-0.15, -0.1) is 0 Å². The molecule has 6 heteroatoms. The average molecular weight is 243 g/mol. The van der Waals surface area contributed by atoms with Crippen LogP contribution >= 0.6 is 0 Å². The molecule has 90 valence electrons. The first-order valence-electron chi connectivity index (χ1n) is 5.36. The standard InChI is InChI=1S/C10H17N3O2S/c1-10(8-11)4-2-6-13(10)16(14,15)9-3-5-12-7-9/h3,5,7,12H,2,4,6,8,11H2,1H3. The Balaban J connectivity index is 2.39. The molecule has 0 spiro atoms. The van der Waals surface area contributed by atoms with Crippen LogP contribution in [0, 0.1) is 0 Å². The second-order valence-electron chi connectivity index (χ2n) is 4.43. The highest BCUT2D eigenvalue weighted by Crippen LogP contribution is 2.33. The van der Waals surface area contributed by atoms with Crippen molar-refractivity contribution in [1.29, 1.82) is 0 Å². The molecule has 1 aromatic rings. The Morgan fingerprint density at radius 2 is 2.38 bits per heavy atom. The summed E-state index contributed by atoms with van der Waals surface area (Å²) in [4.78, 5) is 3.08. The van der Waals surface area contributed by atoms with Crippen LogP contribution < -0.4 is 5.73 Å². The molecule has 0 aromatic carbocycles. The number of nitrogens with one attached hydrogen (secondary N) is 1. The summed E-state index contributed by atoms with van der Waals surface area (Å²) < 4.78 is 26.2. The van der Waals surface area contributed by atoms with Crippen LogP contribution in [0.3, 0.4) is 0 Å². The molecule has 16 heavy (non-hydrogen) atoms. The van der Waals surface area contributed by atoms with Crippen molar-refractivity contribution in [2.24, 2.45) is 5.73 Å². The predicted molar refractivity (Wildman–Crippen MR) is 61.4 cm³/mol. The third-order valence-electron chi connectivity index (χ3n) is 3.28. The molecule has 0 aliphatic carbocycles. The summed E-state index contributed by atoms with van der Waals surface area (Å²) in [6, 6.07) is 1.57. The fraction of sp³-hybridized carbons (Fsp3) is 0.600. The third-order valence-corrected chi connectivity index (χ3v) is 5.33. The molecule has 1 aliphatic heterocycles. The van der Waals surface area contributed by atoms with Gasteiger partial charge in [0.15, 0.2) is 0 Å². The van der Waals surface area contributed by atoms with E-state index in [-0.39, 0.29) is 0 Å². The van der Waals surface area contributed by atoms with Gasteiger partial charge in [0, 0.05) is 31.0 Å². The van der Waals surface area contributed by atoms with Crippen LogP contribution in [-0.4, -0.2) is 36.3 Å². The van der Waals surface area contributed by atoms with Gasteiger partial charge < -0.3 is 10.7 Å². The van der Waals surface area contributed by atoms with E-state index in [9.17, 15) is 8.42 Å². The zero-order valence-corrected chi connectivity index (χ0v) is 10.1.